The zero-order valence-electron chi connectivity index (χ0n) is 10.2. The molecule has 0 fully saturated rings. The summed E-state index contributed by atoms with van der Waals surface area (Å²) in [5.74, 6) is -0.216. The first-order chi connectivity index (χ1) is 9.11. The molecule has 1 heterocycles. The van der Waals surface area contributed by atoms with E-state index in [1.807, 2.05) is 6.92 Å². The highest BCUT2D eigenvalue weighted by atomic mass is 32.1. The Hall–Kier alpha value is -1.86. The molecule has 1 aromatic carbocycles. The molecule has 0 bridgehead atoms. The summed E-state index contributed by atoms with van der Waals surface area (Å²) < 4.78 is 3.79. The molecule has 98 valence electrons. The number of thiocarbonyl (C=S) groups is 1. The van der Waals surface area contributed by atoms with Crippen molar-refractivity contribution in [1.82, 2.24) is 9.59 Å². The fourth-order valence-corrected chi connectivity index (χ4v) is 2.32. The van der Waals surface area contributed by atoms with E-state index < -0.39 is 0 Å². The molecule has 0 unspecified atom stereocenters. The second-order valence-corrected chi connectivity index (χ2v) is 5.00. The van der Waals surface area contributed by atoms with Crippen molar-refractivity contribution in [3.05, 3.63) is 40.4 Å². The van der Waals surface area contributed by atoms with Gasteiger partial charge in [0.2, 0.25) is 0 Å². The highest BCUT2D eigenvalue weighted by Gasteiger charge is 2.15. The lowest BCUT2D eigenvalue weighted by Crippen LogP contribution is -2.14. The van der Waals surface area contributed by atoms with Gasteiger partial charge in [-0.25, -0.2) is 0 Å². The third-order valence-electron chi connectivity index (χ3n) is 2.50. The number of carbonyl (C=O) groups excluding carboxylic acids is 1. The fraction of sp³-hybridized carbons (Fsp3) is 0.167. The van der Waals surface area contributed by atoms with Gasteiger partial charge in [-0.1, -0.05) is 35.8 Å². The minimum atomic E-state index is -0.216. The Morgan fingerprint density at radius 1 is 1.53 bits per heavy atom. The minimum Gasteiger partial charge on any atom is -0.389 e. The fourth-order valence-electron chi connectivity index (χ4n) is 1.55. The van der Waals surface area contributed by atoms with E-state index in [2.05, 4.69) is 14.9 Å². The molecule has 0 aliphatic rings. The number of anilines is 1. The van der Waals surface area contributed by atoms with Crippen molar-refractivity contribution >= 4 is 40.3 Å². The summed E-state index contributed by atoms with van der Waals surface area (Å²) in [6.07, 6.45) is 0.673. The first kappa shape index (κ1) is 13.6. The molecule has 5 nitrogen and oxygen atoms in total. The van der Waals surface area contributed by atoms with Crippen LogP contribution in [0.25, 0.3) is 0 Å². The SMILES string of the molecule is CCc1nnsc1C(=O)Nc1cccc(C(N)=S)c1. The van der Waals surface area contributed by atoms with Crippen LogP contribution in [0, 0.1) is 0 Å². The van der Waals surface area contributed by atoms with Crippen LogP contribution in [0.3, 0.4) is 0 Å². The molecule has 0 aliphatic carbocycles. The molecule has 0 saturated heterocycles. The van der Waals surface area contributed by atoms with E-state index in [-0.39, 0.29) is 5.91 Å². The molecule has 1 aromatic heterocycles. The van der Waals surface area contributed by atoms with Crippen molar-refractivity contribution in [2.75, 3.05) is 5.32 Å². The van der Waals surface area contributed by atoms with E-state index in [1.54, 1.807) is 24.3 Å². The molecule has 1 amide bonds. The van der Waals surface area contributed by atoms with Gasteiger partial charge >= 0.3 is 0 Å². The van der Waals surface area contributed by atoms with Gasteiger partial charge in [-0.15, -0.1) is 5.10 Å². The van der Waals surface area contributed by atoms with Crippen molar-refractivity contribution in [2.45, 2.75) is 13.3 Å². The maximum atomic E-state index is 12.1. The van der Waals surface area contributed by atoms with Crippen LogP contribution in [0.5, 0.6) is 0 Å². The highest BCUT2D eigenvalue weighted by Crippen LogP contribution is 2.16. The number of nitrogens with zero attached hydrogens (tertiary/aromatic N) is 2. The average molecular weight is 292 g/mol. The summed E-state index contributed by atoms with van der Waals surface area (Å²) in [4.78, 5) is 12.9. The van der Waals surface area contributed by atoms with E-state index in [4.69, 9.17) is 18.0 Å². The number of benzene rings is 1. The molecule has 0 aliphatic heterocycles. The van der Waals surface area contributed by atoms with E-state index in [0.717, 1.165) is 11.5 Å². The lowest BCUT2D eigenvalue weighted by atomic mass is 10.2. The number of nitrogens with one attached hydrogen (secondary N) is 1. The van der Waals surface area contributed by atoms with Crippen molar-refractivity contribution in [1.29, 1.82) is 0 Å². The van der Waals surface area contributed by atoms with Crippen molar-refractivity contribution in [3.8, 4) is 0 Å². The van der Waals surface area contributed by atoms with Crippen molar-refractivity contribution in [2.24, 2.45) is 5.73 Å². The summed E-state index contributed by atoms with van der Waals surface area (Å²) in [6.45, 7) is 1.93. The Morgan fingerprint density at radius 2 is 2.32 bits per heavy atom. The minimum absolute atomic E-state index is 0.216. The Balaban J connectivity index is 2.19. The second kappa shape index (κ2) is 5.85. The van der Waals surface area contributed by atoms with Crippen LogP contribution in [-0.2, 0) is 6.42 Å². The summed E-state index contributed by atoms with van der Waals surface area (Å²) in [5, 5.41) is 6.70. The Morgan fingerprint density at radius 3 is 3.00 bits per heavy atom. The molecule has 7 heteroatoms. The van der Waals surface area contributed by atoms with Crippen LogP contribution in [0.1, 0.15) is 27.9 Å². The van der Waals surface area contributed by atoms with Crippen LogP contribution < -0.4 is 11.1 Å². The number of aryl methyl sites for hydroxylation is 1. The van der Waals surface area contributed by atoms with Gasteiger partial charge in [-0.05, 0) is 30.1 Å². The maximum Gasteiger partial charge on any atom is 0.269 e. The van der Waals surface area contributed by atoms with Crippen molar-refractivity contribution < 1.29 is 4.79 Å². The van der Waals surface area contributed by atoms with E-state index in [0.29, 0.717) is 33.2 Å². The second-order valence-electron chi connectivity index (χ2n) is 3.80. The van der Waals surface area contributed by atoms with E-state index >= 15 is 0 Å². The molecule has 2 rings (SSSR count). The normalized spacial score (nSPS) is 10.2. The van der Waals surface area contributed by atoms with Crippen LogP contribution in [-0.4, -0.2) is 20.5 Å². The van der Waals surface area contributed by atoms with Gasteiger partial charge < -0.3 is 11.1 Å². The summed E-state index contributed by atoms with van der Waals surface area (Å²) >= 11 is 5.99. The predicted molar refractivity (Wildman–Crippen MR) is 79.6 cm³/mol. The third kappa shape index (κ3) is 3.12. The molecule has 0 saturated carbocycles. The summed E-state index contributed by atoms with van der Waals surface area (Å²) in [6, 6.07) is 7.10. The maximum absolute atomic E-state index is 12.1. The molecule has 3 N–H and O–H groups in total. The predicted octanol–water partition coefficient (Wildman–Crippen LogP) is 1.99. The first-order valence-electron chi connectivity index (χ1n) is 5.64. The number of hydrogen-bond donors (Lipinski definition) is 2. The number of nitrogens with two attached hydrogens (primary N) is 1. The Kier molecular flexibility index (Phi) is 4.18. The molecular weight excluding hydrogens is 280 g/mol. The quantitative estimate of drug-likeness (QED) is 0.842. The van der Waals surface area contributed by atoms with Crippen LogP contribution in [0.2, 0.25) is 0 Å². The third-order valence-corrected chi connectivity index (χ3v) is 3.50. The van der Waals surface area contributed by atoms with Gasteiger partial charge in [0.1, 0.15) is 9.87 Å². The number of amides is 1. The van der Waals surface area contributed by atoms with Crippen LogP contribution in [0.4, 0.5) is 5.69 Å². The smallest absolute Gasteiger partial charge is 0.269 e. The molecular formula is C12H12N4OS2. The van der Waals surface area contributed by atoms with Gasteiger partial charge in [-0.3, -0.25) is 4.79 Å². The average Bonchev–Trinajstić information content (AvgIpc) is 2.87. The summed E-state index contributed by atoms with van der Waals surface area (Å²) in [5.41, 5.74) is 7.61. The van der Waals surface area contributed by atoms with Gasteiger partial charge in [0.05, 0.1) is 5.69 Å². The van der Waals surface area contributed by atoms with Crippen LogP contribution >= 0.6 is 23.8 Å². The number of hydrogen-bond acceptors (Lipinski definition) is 5. The van der Waals surface area contributed by atoms with Gasteiger partial charge in [0.15, 0.2) is 0 Å². The number of aromatic nitrogens is 2. The Labute approximate surface area is 120 Å². The standard InChI is InChI=1S/C12H12N4OS2/c1-2-9-10(19-16-15-9)12(17)14-8-5-3-4-7(6-8)11(13)18/h3-6H,2H2,1H3,(H2,13,18)(H,14,17). The van der Waals surface area contributed by atoms with Gasteiger partial charge in [0, 0.05) is 11.3 Å². The lowest BCUT2D eigenvalue weighted by Gasteiger charge is -2.06. The monoisotopic (exact) mass is 292 g/mol. The zero-order chi connectivity index (χ0) is 13.8. The topological polar surface area (TPSA) is 80.9 Å². The largest absolute Gasteiger partial charge is 0.389 e. The van der Waals surface area contributed by atoms with Crippen molar-refractivity contribution in [3.63, 3.8) is 0 Å². The van der Waals surface area contributed by atoms with E-state index in [9.17, 15) is 4.79 Å². The van der Waals surface area contributed by atoms with Crippen LogP contribution in [0.15, 0.2) is 24.3 Å². The van der Waals surface area contributed by atoms with E-state index in [1.165, 1.54) is 0 Å². The molecule has 0 atom stereocenters. The molecule has 0 radical (unpaired) electrons. The first-order valence-corrected chi connectivity index (χ1v) is 6.82. The molecule has 19 heavy (non-hydrogen) atoms. The lowest BCUT2D eigenvalue weighted by molar-refractivity contribution is 0.102. The highest BCUT2D eigenvalue weighted by molar-refractivity contribution is 7.80. The Bertz CT molecular complexity index is 624. The summed E-state index contributed by atoms with van der Waals surface area (Å²) in [7, 11) is 0. The number of carbonyl (C=O) groups is 1. The molecule has 0 spiro atoms. The number of rotatable bonds is 4. The molecule has 2 aromatic rings. The zero-order valence-corrected chi connectivity index (χ0v) is 11.8. The van der Waals surface area contributed by atoms with Gasteiger partial charge in [-0.2, -0.15) is 0 Å². The van der Waals surface area contributed by atoms with Gasteiger partial charge in [0.25, 0.3) is 5.91 Å².